The lowest BCUT2D eigenvalue weighted by Crippen LogP contribution is -2.41. The minimum atomic E-state index is -0.696. The quantitative estimate of drug-likeness (QED) is 0.675. The molecule has 0 saturated carbocycles. The molecule has 0 aliphatic carbocycles. The molecule has 0 bridgehead atoms. The van der Waals surface area contributed by atoms with Crippen LogP contribution in [0.3, 0.4) is 0 Å². The van der Waals surface area contributed by atoms with E-state index in [9.17, 15) is 9.59 Å². The van der Waals surface area contributed by atoms with Crippen LogP contribution in [0.4, 0.5) is 5.69 Å². The summed E-state index contributed by atoms with van der Waals surface area (Å²) in [6, 6.07) is 14.0. The normalized spacial score (nSPS) is 12.3. The molecule has 0 radical (unpaired) electrons. The van der Waals surface area contributed by atoms with Gasteiger partial charge in [-0.25, -0.2) is 4.98 Å². The fourth-order valence-electron chi connectivity index (χ4n) is 2.83. The van der Waals surface area contributed by atoms with Crippen LogP contribution in [0.1, 0.15) is 43.6 Å². The minimum absolute atomic E-state index is 0.0163. The standard InChI is InChI=1S/C23H25N3O3/c1-15(25-22(28)16-8-10-18(11-9-16)23(2,3)4)21(27)26-19-7-5-6-17(12-19)20-13-24-14-29-20/h5-15H,1-4H3,(H,25,28)(H,26,27). The summed E-state index contributed by atoms with van der Waals surface area (Å²) in [6.07, 6.45) is 2.96. The van der Waals surface area contributed by atoms with E-state index in [0.29, 0.717) is 17.0 Å². The van der Waals surface area contributed by atoms with Crippen LogP contribution in [0.5, 0.6) is 0 Å². The molecule has 0 fully saturated rings. The lowest BCUT2D eigenvalue weighted by molar-refractivity contribution is -0.117. The van der Waals surface area contributed by atoms with Gasteiger partial charge in [0, 0.05) is 16.8 Å². The molecular formula is C23H25N3O3. The average Bonchev–Trinajstić information content (AvgIpc) is 3.22. The van der Waals surface area contributed by atoms with Crippen LogP contribution in [0.15, 0.2) is 65.5 Å². The number of amides is 2. The molecule has 1 unspecified atom stereocenters. The highest BCUT2D eigenvalue weighted by Gasteiger charge is 2.18. The maximum atomic E-state index is 12.5. The second-order valence-electron chi connectivity index (χ2n) is 7.96. The van der Waals surface area contributed by atoms with E-state index in [4.69, 9.17) is 4.42 Å². The van der Waals surface area contributed by atoms with Crippen LogP contribution in [0.25, 0.3) is 11.3 Å². The molecule has 2 amide bonds. The average molecular weight is 391 g/mol. The number of anilines is 1. The Balaban J connectivity index is 1.62. The molecule has 29 heavy (non-hydrogen) atoms. The SMILES string of the molecule is CC(NC(=O)c1ccc(C(C)(C)C)cc1)C(=O)Nc1cccc(-c2cnco2)c1. The van der Waals surface area contributed by atoms with Crippen LogP contribution in [0, 0.1) is 0 Å². The summed E-state index contributed by atoms with van der Waals surface area (Å²) in [5.74, 6) is 0.0176. The Morgan fingerprint density at radius 1 is 1.07 bits per heavy atom. The first kappa shape index (κ1) is 20.3. The zero-order chi connectivity index (χ0) is 21.0. The van der Waals surface area contributed by atoms with Gasteiger partial charge in [-0.3, -0.25) is 9.59 Å². The number of nitrogens with zero attached hydrogens (tertiary/aromatic N) is 1. The molecule has 150 valence electrons. The van der Waals surface area contributed by atoms with Gasteiger partial charge in [-0.2, -0.15) is 0 Å². The van der Waals surface area contributed by atoms with Crippen molar-refractivity contribution in [3.05, 3.63) is 72.2 Å². The van der Waals surface area contributed by atoms with Crippen LogP contribution in [0.2, 0.25) is 0 Å². The first-order chi connectivity index (χ1) is 13.7. The van der Waals surface area contributed by atoms with E-state index in [1.54, 1.807) is 37.4 Å². The minimum Gasteiger partial charge on any atom is -0.444 e. The van der Waals surface area contributed by atoms with Crippen molar-refractivity contribution < 1.29 is 14.0 Å². The van der Waals surface area contributed by atoms with Crippen molar-refractivity contribution in [2.75, 3.05) is 5.32 Å². The second kappa shape index (κ2) is 8.31. The first-order valence-electron chi connectivity index (χ1n) is 9.45. The molecule has 1 aromatic heterocycles. The molecular weight excluding hydrogens is 366 g/mol. The van der Waals surface area contributed by atoms with Gasteiger partial charge in [0.1, 0.15) is 6.04 Å². The largest absolute Gasteiger partial charge is 0.444 e. The maximum Gasteiger partial charge on any atom is 0.251 e. The van der Waals surface area contributed by atoms with Gasteiger partial charge < -0.3 is 15.1 Å². The molecule has 0 saturated heterocycles. The molecule has 3 rings (SSSR count). The van der Waals surface area contributed by atoms with Gasteiger partial charge in [-0.1, -0.05) is 45.0 Å². The van der Waals surface area contributed by atoms with Crippen LogP contribution < -0.4 is 10.6 Å². The first-order valence-corrected chi connectivity index (χ1v) is 9.45. The molecule has 0 spiro atoms. The van der Waals surface area contributed by atoms with Gasteiger partial charge in [0.2, 0.25) is 5.91 Å². The Bertz CT molecular complexity index is 987. The number of carbonyl (C=O) groups is 2. The van der Waals surface area contributed by atoms with E-state index in [-0.39, 0.29) is 17.2 Å². The van der Waals surface area contributed by atoms with Gasteiger partial charge in [-0.05, 0) is 42.2 Å². The van der Waals surface area contributed by atoms with Crippen molar-refractivity contribution in [2.45, 2.75) is 39.2 Å². The number of nitrogens with one attached hydrogen (secondary N) is 2. The Labute approximate surface area is 170 Å². The summed E-state index contributed by atoms with van der Waals surface area (Å²) < 4.78 is 5.28. The summed E-state index contributed by atoms with van der Waals surface area (Å²) >= 11 is 0. The molecule has 2 N–H and O–H groups in total. The number of benzene rings is 2. The molecule has 0 aliphatic rings. The summed E-state index contributed by atoms with van der Waals surface area (Å²) in [5, 5.41) is 5.55. The number of aromatic nitrogens is 1. The van der Waals surface area contributed by atoms with Crippen molar-refractivity contribution in [3.63, 3.8) is 0 Å². The van der Waals surface area contributed by atoms with E-state index in [1.165, 1.54) is 6.39 Å². The van der Waals surface area contributed by atoms with E-state index in [2.05, 4.69) is 36.4 Å². The Kier molecular flexibility index (Phi) is 5.82. The van der Waals surface area contributed by atoms with Crippen molar-refractivity contribution in [2.24, 2.45) is 0 Å². The second-order valence-corrected chi connectivity index (χ2v) is 7.96. The lowest BCUT2D eigenvalue weighted by Gasteiger charge is -2.19. The molecule has 1 heterocycles. The third kappa shape index (κ3) is 5.10. The van der Waals surface area contributed by atoms with Gasteiger partial charge in [0.05, 0.1) is 6.20 Å². The topological polar surface area (TPSA) is 84.2 Å². The van der Waals surface area contributed by atoms with E-state index in [1.807, 2.05) is 24.3 Å². The summed E-state index contributed by atoms with van der Waals surface area (Å²) in [4.78, 5) is 28.9. The van der Waals surface area contributed by atoms with Crippen LogP contribution in [-0.2, 0) is 10.2 Å². The Hall–Kier alpha value is -3.41. The zero-order valence-electron chi connectivity index (χ0n) is 17.0. The highest BCUT2D eigenvalue weighted by atomic mass is 16.3. The summed E-state index contributed by atoms with van der Waals surface area (Å²) in [6.45, 7) is 8.00. The van der Waals surface area contributed by atoms with Gasteiger partial charge in [0.15, 0.2) is 12.2 Å². The number of rotatable bonds is 5. The van der Waals surface area contributed by atoms with Crippen molar-refractivity contribution in [1.29, 1.82) is 0 Å². The summed E-state index contributed by atoms with van der Waals surface area (Å²) in [7, 11) is 0. The maximum absolute atomic E-state index is 12.5. The smallest absolute Gasteiger partial charge is 0.251 e. The predicted octanol–water partition coefficient (Wildman–Crippen LogP) is 4.40. The van der Waals surface area contributed by atoms with Gasteiger partial charge in [0.25, 0.3) is 5.91 Å². The van der Waals surface area contributed by atoms with Gasteiger partial charge in [-0.15, -0.1) is 0 Å². The van der Waals surface area contributed by atoms with Crippen LogP contribution >= 0.6 is 0 Å². The van der Waals surface area contributed by atoms with Gasteiger partial charge >= 0.3 is 0 Å². The monoisotopic (exact) mass is 391 g/mol. The van der Waals surface area contributed by atoms with E-state index >= 15 is 0 Å². The number of carbonyl (C=O) groups excluding carboxylic acids is 2. The van der Waals surface area contributed by atoms with E-state index in [0.717, 1.165) is 11.1 Å². The summed E-state index contributed by atoms with van der Waals surface area (Å²) in [5.41, 5.74) is 3.09. The third-order valence-electron chi connectivity index (χ3n) is 4.60. The fraction of sp³-hybridized carbons (Fsp3) is 0.261. The number of hydrogen-bond donors (Lipinski definition) is 2. The molecule has 3 aromatic rings. The molecule has 6 nitrogen and oxygen atoms in total. The van der Waals surface area contributed by atoms with Crippen molar-refractivity contribution in [1.82, 2.24) is 10.3 Å². The third-order valence-corrected chi connectivity index (χ3v) is 4.60. The molecule has 0 aliphatic heterocycles. The zero-order valence-corrected chi connectivity index (χ0v) is 17.0. The molecule has 2 aromatic carbocycles. The lowest BCUT2D eigenvalue weighted by atomic mass is 9.86. The Morgan fingerprint density at radius 3 is 2.41 bits per heavy atom. The fourth-order valence-corrected chi connectivity index (χ4v) is 2.83. The van der Waals surface area contributed by atoms with Crippen molar-refractivity contribution >= 4 is 17.5 Å². The molecule has 6 heteroatoms. The van der Waals surface area contributed by atoms with Crippen molar-refractivity contribution in [3.8, 4) is 11.3 Å². The molecule has 1 atom stereocenters. The number of oxazole rings is 1. The predicted molar refractivity (Wildman–Crippen MR) is 113 cm³/mol. The highest BCUT2D eigenvalue weighted by Crippen LogP contribution is 2.23. The van der Waals surface area contributed by atoms with E-state index < -0.39 is 6.04 Å². The Morgan fingerprint density at radius 2 is 1.79 bits per heavy atom. The van der Waals surface area contributed by atoms with Crippen LogP contribution in [-0.4, -0.2) is 22.8 Å². The number of hydrogen-bond acceptors (Lipinski definition) is 4. The highest BCUT2D eigenvalue weighted by molar-refractivity contribution is 6.01.